The van der Waals surface area contributed by atoms with E-state index in [9.17, 15) is 4.79 Å². The molecule has 6 heteroatoms. The van der Waals surface area contributed by atoms with E-state index in [1.165, 1.54) is 0 Å². The lowest BCUT2D eigenvalue weighted by Crippen LogP contribution is -2.45. The summed E-state index contributed by atoms with van der Waals surface area (Å²) in [7, 11) is 5.14. The molecule has 1 N–H and O–H groups in total. The highest BCUT2D eigenvalue weighted by Crippen LogP contribution is 2.30. The van der Waals surface area contributed by atoms with Crippen molar-refractivity contribution in [2.75, 3.05) is 47.6 Å². The number of nitrogens with zero attached hydrogens (tertiary/aromatic N) is 1. The van der Waals surface area contributed by atoms with Crippen molar-refractivity contribution in [3.8, 4) is 11.5 Å². The summed E-state index contributed by atoms with van der Waals surface area (Å²) < 4.78 is 15.9. The molecule has 1 aliphatic heterocycles. The van der Waals surface area contributed by atoms with Gasteiger partial charge in [0.25, 0.3) is 0 Å². The fourth-order valence-electron chi connectivity index (χ4n) is 2.42. The number of nitrogens with one attached hydrogen (secondary N) is 1. The van der Waals surface area contributed by atoms with E-state index in [-0.39, 0.29) is 18.6 Å². The number of methoxy groups -OCH3 is 2. The number of amides is 1. The maximum absolute atomic E-state index is 11.9. The molecule has 0 bridgehead atoms. The van der Waals surface area contributed by atoms with Crippen molar-refractivity contribution < 1.29 is 19.0 Å². The third-order valence-electron chi connectivity index (χ3n) is 3.65. The molecule has 0 spiro atoms. The van der Waals surface area contributed by atoms with Crippen molar-refractivity contribution in [1.82, 2.24) is 10.2 Å². The molecule has 1 saturated heterocycles. The second-order valence-electron chi connectivity index (χ2n) is 4.84. The summed E-state index contributed by atoms with van der Waals surface area (Å²) in [5.41, 5.74) is 0.971. The van der Waals surface area contributed by atoms with Crippen LogP contribution in [0.25, 0.3) is 0 Å². The maximum atomic E-state index is 11.9. The Morgan fingerprint density at radius 2 is 2.19 bits per heavy atom. The Morgan fingerprint density at radius 1 is 1.38 bits per heavy atom. The minimum atomic E-state index is -0.0305. The molecule has 0 aromatic heterocycles. The van der Waals surface area contributed by atoms with Gasteiger partial charge in [-0.3, -0.25) is 4.79 Å². The van der Waals surface area contributed by atoms with Crippen molar-refractivity contribution >= 4 is 5.91 Å². The van der Waals surface area contributed by atoms with E-state index in [1.807, 2.05) is 30.1 Å². The molecule has 6 nitrogen and oxygen atoms in total. The first-order valence-electron chi connectivity index (χ1n) is 6.94. The number of hydrogen-bond acceptors (Lipinski definition) is 5. The Bertz CT molecular complexity index is 493. The molecular weight excluding hydrogens is 272 g/mol. The zero-order chi connectivity index (χ0) is 15.2. The van der Waals surface area contributed by atoms with E-state index in [0.717, 1.165) is 17.1 Å². The molecule has 1 aliphatic rings. The molecule has 1 amide bonds. The van der Waals surface area contributed by atoms with Gasteiger partial charge < -0.3 is 24.4 Å². The van der Waals surface area contributed by atoms with Crippen molar-refractivity contribution in [2.24, 2.45) is 0 Å². The quantitative estimate of drug-likeness (QED) is 0.842. The van der Waals surface area contributed by atoms with Crippen molar-refractivity contribution in [1.29, 1.82) is 0 Å². The molecule has 0 saturated carbocycles. The zero-order valence-electron chi connectivity index (χ0n) is 12.7. The van der Waals surface area contributed by atoms with Gasteiger partial charge in [0.05, 0.1) is 26.9 Å². The summed E-state index contributed by atoms with van der Waals surface area (Å²) in [6, 6.07) is 5.64. The van der Waals surface area contributed by atoms with Crippen LogP contribution in [0.1, 0.15) is 11.6 Å². The Morgan fingerprint density at radius 3 is 2.81 bits per heavy atom. The maximum Gasteiger partial charge on any atom is 0.248 e. The first-order chi connectivity index (χ1) is 10.2. The van der Waals surface area contributed by atoms with Gasteiger partial charge >= 0.3 is 0 Å². The third kappa shape index (κ3) is 3.65. The number of hydrogen-bond donors (Lipinski definition) is 1. The highest BCUT2D eigenvalue weighted by atomic mass is 16.5. The van der Waals surface area contributed by atoms with E-state index in [2.05, 4.69) is 5.32 Å². The normalized spacial score (nSPS) is 16.7. The SMILES string of the molecule is CNC(CN1CCOCC1=O)c1cc(OC)ccc1OC. The number of carbonyl (C=O) groups excluding carboxylic acids is 1. The molecule has 0 radical (unpaired) electrons. The summed E-state index contributed by atoms with van der Waals surface area (Å²) in [4.78, 5) is 13.7. The van der Waals surface area contributed by atoms with Gasteiger partial charge in [0.2, 0.25) is 5.91 Å². The van der Waals surface area contributed by atoms with Gasteiger partial charge in [-0.25, -0.2) is 0 Å². The van der Waals surface area contributed by atoms with Gasteiger partial charge in [0.1, 0.15) is 18.1 Å². The first-order valence-corrected chi connectivity index (χ1v) is 6.94. The van der Waals surface area contributed by atoms with E-state index in [0.29, 0.717) is 19.7 Å². The largest absolute Gasteiger partial charge is 0.497 e. The first kappa shape index (κ1) is 15.6. The van der Waals surface area contributed by atoms with E-state index < -0.39 is 0 Å². The highest BCUT2D eigenvalue weighted by Gasteiger charge is 2.24. The third-order valence-corrected chi connectivity index (χ3v) is 3.65. The topological polar surface area (TPSA) is 60.0 Å². The van der Waals surface area contributed by atoms with E-state index in [1.54, 1.807) is 14.2 Å². The minimum absolute atomic E-state index is 0.0170. The molecule has 0 aliphatic carbocycles. The Kier molecular flexibility index (Phi) is 5.41. The average Bonchev–Trinajstić information content (AvgIpc) is 2.53. The van der Waals surface area contributed by atoms with Crippen LogP contribution in [0, 0.1) is 0 Å². The lowest BCUT2D eigenvalue weighted by molar-refractivity contribution is -0.143. The van der Waals surface area contributed by atoms with Crippen LogP contribution in [0.4, 0.5) is 0 Å². The highest BCUT2D eigenvalue weighted by molar-refractivity contribution is 5.78. The summed E-state index contributed by atoms with van der Waals surface area (Å²) in [6.07, 6.45) is 0. The Hall–Kier alpha value is -1.79. The molecule has 1 unspecified atom stereocenters. The molecule has 1 aromatic carbocycles. The van der Waals surface area contributed by atoms with Crippen molar-refractivity contribution in [2.45, 2.75) is 6.04 Å². The van der Waals surface area contributed by atoms with Crippen molar-refractivity contribution in [3.63, 3.8) is 0 Å². The van der Waals surface area contributed by atoms with Crippen LogP contribution < -0.4 is 14.8 Å². The van der Waals surface area contributed by atoms with E-state index in [4.69, 9.17) is 14.2 Å². The van der Waals surface area contributed by atoms with Gasteiger partial charge in [-0.2, -0.15) is 0 Å². The second-order valence-corrected chi connectivity index (χ2v) is 4.84. The number of likely N-dealkylation sites (N-methyl/N-ethyl adjacent to an activating group) is 1. The predicted octanol–water partition coefficient (Wildman–Crippen LogP) is 0.823. The fourth-order valence-corrected chi connectivity index (χ4v) is 2.42. The van der Waals surface area contributed by atoms with Gasteiger partial charge in [-0.05, 0) is 25.2 Å². The molecule has 1 aromatic rings. The smallest absolute Gasteiger partial charge is 0.248 e. The predicted molar refractivity (Wildman–Crippen MR) is 78.7 cm³/mol. The van der Waals surface area contributed by atoms with Crippen LogP contribution in [0.5, 0.6) is 11.5 Å². The van der Waals surface area contributed by atoms with Gasteiger partial charge in [-0.15, -0.1) is 0 Å². The standard InChI is InChI=1S/C15H22N2O4/c1-16-13(9-17-6-7-21-10-15(17)18)12-8-11(19-2)4-5-14(12)20-3/h4-5,8,13,16H,6-7,9-10H2,1-3H3. The molecule has 1 fully saturated rings. The molecule has 1 atom stereocenters. The molecule has 116 valence electrons. The monoisotopic (exact) mass is 294 g/mol. The summed E-state index contributed by atoms with van der Waals surface area (Å²) in [6.45, 7) is 1.93. The molecule has 2 rings (SSSR count). The summed E-state index contributed by atoms with van der Waals surface area (Å²) in [5, 5.41) is 3.24. The number of ether oxygens (including phenoxy) is 3. The molecule has 1 heterocycles. The number of rotatable bonds is 6. The summed E-state index contributed by atoms with van der Waals surface area (Å²) >= 11 is 0. The van der Waals surface area contributed by atoms with Crippen LogP contribution in [0.3, 0.4) is 0 Å². The number of benzene rings is 1. The lowest BCUT2D eigenvalue weighted by atomic mass is 10.0. The Labute approximate surface area is 125 Å². The zero-order valence-corrected chi connectivity index (χ0v) is 12.7. The van der Waals surface area contributed by atoms with Gasteiger partial charge in [-0.1, -0.05) is 0 Å². The van der Waals surface area contributed by atoms with Crippen molar-refractivity contribution in [3.05, 3.63) is 23.8 Å². The van der Waals surface area contributed by atoms with Crippen LogP contribution in [-0.2, 0) is 9.53 Å². The van der Waals surface area contributed by atoms with Gasteiger partial charge in [0.15, 0.2) is 0 Å². The van der Waals surface area contributed by atoms with Crippen LogP contribution >= 0.6 is 0 Å². The molecule has 21 heavy (non-hydrogen) atoms. The Balaban J connectivity index is 2.21. The number of morpholine rings is 1. The second kappa shape index (κ2) is 7.28. The summed E-state index contributed by atoms with van der Waals surface area (Å²) in [5.74, 6) is 1.55. The van der Waals surface area contributed by atoms with Crippen LogP contribution in [0.15, 0.2) is 18.2 Å². The molecular formula is C15H22N2O4. The lowest BCUT2D eigenvalue weighted by Gasteiger charge is -2.31. The van der Waals surface area contributed by atoms with Crippen LogP contribution in [0.2, 0.25) is 0 Å². The average molecular weight is 294 g/mol. The van der Waals surface area contributed by atoms with Crippen LogP contribution in [-0.4, -0.2) is 58.4 Å². The fraction of sp³-hybridized carbons (Fsp3) is 0.533. The number of carbonyl (C=O) groups is 1. The van der Waals surface area contributed by atoms with Gasteiger partial charge in [0, 0.05) is 18.7 Å². The minimum Gasteiger partial charge on any atom is -0.497 e. The van der Waals surface area contributed by atoms with E-state index >= 15 is 0 Å².